The van der Waals surface area contributed by atoms with Crippen LogP contribution in [0.25, 0.3) is 0 Å². The third-order valence-corrected chi connectivity index (χ3v) is 7.88. The highest BCUT2D eigenvalue weighted by Crippen LogP contribution is 2.26. The summed E-state index contributed by atoms with van der Waals surface area (Å²) in [7, 11) is -3.97. The fraction of sp³-hybridized carbons (Fsp3) is 0.600. The van der Waals surface area contributed by atoms with E-state index >= 15 is 0 Å². The minimum Gasteiger partial charge on any atom is -0.319 e. The first kappa shape index (κ1) is 19.3. The number of nitrogens with zero attached hydrogens (tertiary/aromatic N) is 1. The van der Waals surface area contributed by atoms with Gasteiger partial charge >= 0.3 is 0 Å². The van der Waals surface area contributed by atoms with Gasteiger partial charge in [0, 0.05) is 13.1 Å². The molecule has 0 aliphatic carbocycles. The van der Waals surface area contributed by atoms with E-state index in [9.17, 15) is 16.8 Å². The first-order valence-corrected chi connectivity index (χ1v) is 10.8. The van der Waals surface area contributed by atoms with Crippen LogP contribution in [0.4, 0.5) is 0 Å². The Balaban J connectivity index is 2.23. The molecule has 136 valence electrons. The van der Waals surface area contributed by atoms with Crippen LogP contribution in [0, 0.1) is 12.8 Å². The van der Waals surface area contributed by atoms with Crippen LogP contribution in [0.3, 0.4) is 0 Å². The maximum atomic E-state index is 12.8. The van der Waals surface area contributed by atoms with Gasteiger partial charge in [0.15, 0.2) is 0 Å². The van der Waals surface area contributed by atoms with E-state index in [1.54, 1.807) is 6.92 Å². The van der Waals surface area contributed by atoms with E-state index in [1.807, 2.05) is 7.05 Å². The third-order valence-electron chi connectivity index (χ3n) is 4.41. The minimum atomic E-state index is -3.59. The van der Waals surface area contributed by atoms with Gasteiger partial charge in [-0.3, -0.25) is 0 Å². The number of benzene rings is 1. The highest BCUT2D eigenvalue weighted by Gasteiger charge is 2.30. The number of sulfonamides is 2. The van der Waals surface area contributed by atoms with Crippen molar-refractivity contribution in [2.75, 3.05) is 33.7 Å². The fourth-order valence-corrected chi connectivity index (χ4v) is 5.49. The molecule has 7 nitrogen and oxygen atoms in total. The number of piperidine rings is 1. The van der Waals surface area contributed by atoms with Crippen molar-refractivity contribution in [3.05, 3.63) is 23.8 Å². The highest BCUT2D eigenvalue weighted by atomic mass is 32.2. The predicted octanol–water partition coefficient (Wildman–Crippen LogP) is 0.523. The summed E-state index contributed by atoms with van der Waals surface area (Å²) < 4.78 is 53.1. The zero-order valence-electron chi connectivity index (χ0n) is 14.2. The van der Waals surface area contributed by atoms with E-state index in [0.717, 1.165) is 19.4 Å². The predicted molar refractivity (Wildman–Crippen MR) is 92.8 cm³/mol. The van der Waals surface area contributed by atoms with Crippen LogP contribution < -0.4 is 10.0 Å². The van der Waals surface area contributed by atoms with Crippen molar-refractivity contribution >= 4 is 20.0 Å². The van der Waals surface area contributed by atoms with Gasteiger partial charge in [0.05, 0.1) is 9.79 Å². The van der Waals surface area contributed by atoms with Crippen molar-refractivity contribution in [2.45, 2.75) is 29.6 Å². The number of hydrogen-bond acceptors (Lipinski definition) is 5. The SMILES string of the molecule is CNCC1CCN(S(=O)(=O)c2ccc(S(=O)(=O)NC)c(C)c2)CC1. The van der Waals surface area contributed by atoms with E-state index in [4.69, 9.17) is 0 Å². The molecule has 0 radical (unpaired) electrons. The standard InChI is InChI=1S/C15H25N3O4S2/c1-12-10-14(4-5-15(12)23(19,20)17-3)24(21,22)18-8-6-13(7-9-18)11-16-2/h4-5,10,13,16-17H,6-9,11H2,1-3H3. The average Bonchev–Trinajstić information content (AvgIpc) is 2.55. The fourth-order valence-electron chi connectivity index (χ4n) is 2.99. The first-order valence-electron chi connectivity index (χ1n) is 7.91. The Labute approximate surface area is 144 Å². The molecule has 2 rings (SSSR count). The van der Waals surface area contributed by atoms with Gasteiger partial charge in [0.25, 0.3) is 0 Å². The van der Waals surface area contributed by atoms with Gasteiger partial charge in [-0.2, -0.15) is 4.31 Å². The Morgan fingerprint density at radius 3 is 2.25 bits per heavy atom. The summed E-state index contributed by atoms with van der Waals surface area (Å²) in [4.78, 5) is 0.235. The van der Waals surface area contributed by atoms with Gasteiger partial charge in [0.2, 0.25) is 20.0 Å². The molecular formula is C15H25N3O4S2. The molecule has 1 aliphatic rings. The zero-order valence-corrected chi connectivity index (χ0v) is 15.9. The van der Waals surface area contributed by atoms with Crippen LogP contribution >= 0.6 is 0 Å². The van der Waals surface area contributed by atoms with Crippen molar-refractivity contribution in [3.8, 4) is 0 Å². The molecule has 0 amide bonds. The van der Waals surface area contributed by atoms with E-state index in [-0.39, 0.29) is 9.79 Å². The van der Waals surface area contributed by atoms with Gasteiger partial charge in [-0.05, 0) is 70.1 Å². The second-order valence-corrected chi connectivity index (χ2v) is 9.83. The van der Waals surface area contributed by atoms with E-state index in [2.05, 4.69) is 10.0 Å². The molecule has 0 spiro atoms. The van der Waals surface area contributed by atoms with Gasteiger partial charge in [0.1, 0.15) is 0 Å². The molecule has 0 saturated carbocycles. The largest absolute Gasteiger partial charge is 0.319 e. The van der Waals surface area contributed by atoms with E-state index in [1.165, 1.54) is 29.6 Å². The molecule has 1 aromatic rings. The molecule has 1 saturated heterocycles. The lowest BCUT2D eigenvalue weighted by Crippen LogP contribution is -2.40. The van der Waals surface area contributed by atoms with Gasteiger partial charge < -0.3 is 5.32 Å². The lowest BCUT2D eigenvalue weighted by atomic mass is 9.98. The maximum Gasteiger partial charge on any atom is 0.243 e. The second kappa shape index (κ2) is 7.49. The lowest BCUT2D eigenvalue weighted by molar-refractivity contribution is 0.270. The minimum absolute atomic E-state index is 0.0941. The molecule has 0 bridgehead atoms. The van der Waals surface area contributed by atoms with Gasteiger partial charge in [-0.1, -0.05) is 0 Å². The van der Waals surface area contributed by atoms with Crippen molar-refractivity contribution in [1.82, 2.24) is 14.3 Å². The molecule has 2 N–H and O–H groups in total. The first-order chi connectivity index (χ1) is 11.2. The van der Waals surface area contributed by atoms with Crippen molar-refractivity contribution < 1.29 is 16.8 Å². The Hall–Kier alpha value is -1.00. The normalized spacial score (nSPS) is 18.0. The summed E-state index contributed by atoms with van der Waals surface area (Å²) in [6.45, 7) is 3.47. The maximum absolute atomic E-state index is 12.8. The molecule has 0 aromatic heterocycles. The summed E-state index contributed by atoms with van der Waals surface area (Å²) in [5.41, 5.74) is 0.412. The number of aryl methyl sites for hydroxylation is 1. The Morgan fingerprint density at radius 1 is 1.12 bits per heavy atom. The van der Waals surface area contributed by atoms with Crippen LogP contribution in [0.5, 0.6) is 0 Å². The van der Waals surface area contributed by atoms with Gasteiger partial charge in [-0.25, -0.2) is 21.6 Å². The molecule has 0 unspecified atom stereocenters. The van der Waals surface area contributed by atoms with Crippen molar-refractivity contribution in [3.63, 3.8) is 0 Å². The Morgan fingerprint density at radius 2 is 1.75 bits per heavy atom. The molecular weight excluding hydrogens is 350 g/mol. The Bertz CT molecular complexity index is 783. The summed E-state index contributed by atoms with van der Waals surface area (Å²) in [6, 6.07) is 4.15. The van der Waals surface area contributed by atoms with Crippen LogP contribution in [-0.2, 0) is 20.0 Å². The van der Waals surface area contributed by atoms with Crippen LogP contribution in [0.15, 0.2) is 28.0 Å². The average molecular weight is 376 g/mol. The van der Waals surface area contributed by atoms with Crippen molar-refractivity contribution in [1.29, 1.82) is 0 Å². The van der Waals surface area contributed by atoms with Gasteiger partial charge in [-0.15, -0.1) is 0 Å². The molecule has 1 fully saturated rings. The molecule has 1 aliphatic heterocycles. The van der Waals surface area contributed by atoms with Crippen molar-refractivity contribution in [2.24, 2.45) is 5.92 Å². The monoisotopic (exact) mass is 375 g/mol. The van der Waals surface area contributed by atoms with Crippen LogP contribution in [0.1, 0.15) is 18.4 Å². The molecule has 24 heavy (non-hydrogen) atoms. The quantitative estimate of drug-likeness (QED) is 0.756. The van der Waals surface area contributed by atoms with Crippen LogP contribution in [0.2, 0.25) is 0 Å². The smallest absolute Gasteiger partial charge is 0.243 e. The number of nitrogens with one attached hydrogen (secondary N) is 2. The Kier molecular flexibility index (Phi) is 6.03. The summed E-state index contributed by atoms with van der Waals surface area (Å²) in [6.07, 6.45) is 1.65. The third kappa shape index (κ3) is 3.97. The zero-order chi connectivity index (χ0) is 18.0. The topological polar surface area (TPSA) is 95.6 Å². The summed E-state index contributed by atoms with van der Waals surface area (Å²) in [5.74, 6) is 0.492. The van der Waals surface area contributed by atoms with Crippen LogP contribution in [-0.4, -0.2) is 54.9 Å². The second-order valence-electron chi connectivity index (χ2n) is 6.04. The van der Waals surface area contributed by atoms with E-state index in [0.29, 0.717) is 24.6 Å². The molecule has 1 heterocycles. The summed E-state index contributed by atoms with van der Waals surface area (Å²) in [5, 5.41) is 3.13. The van der Waals surface area contributed by atoms with E-state index < -0.39 is 20.0 Å². The highest BCUT2D eigenvalue weighted by molar-refractivity contribution is 7.89. The summed E-state index contributed by atoms with van der Waals surface area (Å²) >= 11 is 0. The lowest BCUT2D eigenvalue weighted by Gasteiger charge is -2.31. The molecule has 1 aromatic carbocycles. The molecule has 0 atom stereocenters. The number of rotatable bonds is 6. The number of hydrogen-bond donors (Lipinski definition) is 2. The molecule has 9 heteroatoms.